The lowest BCUT2D eigenvalue weighted by Crippen LogP contribution is -2.30. The van der Waals surface area contributed by atoms with Crippen LogP contribution in [0.3, 0.4) is 0 Å². The fourth-order valence-electron chi connectivity index (χ4n) is 3.15. The molecule has 28 heavy (non-hydrogen) atoms. The first kappa shape index (κ1) is 21.0. The first-order valence-electron chi connectivity index (χ1n) is 9.35. The minimum Gasteiger partial charge on any atom is -0.493 e. The number of anilines is 1. The monoisotopic (exact) mass is 422 g/mol. The SMILES string of the molecule is COc1ccc(SNc2ccc(Cl)c(OC3CCN(C(C)C)C3)c2)cc1OC. The Morgan fingerprint density at radius 3 is 2.54 bits per heavy atom. The lowest BCUT2D eigenvalue weighted by molar-refractivity contribution is 0.187. The summed E-state index contributed by atoms with van der Waals surface area (Å²) in [4.78, 5) is 3.44. The Morgan fingerprint density at radius 1 is 1.07 bits per heavy atom. The van der Waals surface area contributed by atoms with Crippen molar-refractivity contribution < 1.29 is 14.2 Å². The van der Waals surface area contributed by atoms with Gasteiger partial charge in [0.15, 0.2) is 11.5 Å². The van der Waals surface area contributed by atoms with E-state index in [2.05, 4.69) is 23.5 Å². The van der Waals surface area contributed by atoms with Crippen molar-refractivity contribution in [2.24, 2.45) is 0 Å². The predicted octanol–water partition coefficient (Wildman–Crippen LogP) is 5.34. The van der Waals surface area contributed by atoms with Crippen molar-refractivity contribution in [3.63, 3.8) is 0 Å². The van der Waals surface area contributed by atoms with E-state index in [0.29, 0.717) is 22.6 Å². The van der Waals surface area contributed by atoms with Gasteiger partial charge in [-0.1, -0.05) is 11.6 Å². The van der Waals surface area contributed by atoms with Crippen LogP contribution in [0.2, 0.25) is 5.02 Å². The van der Waals surface area contributed by atoms with Gasteiger partial charge >= 0.3 is 0 Å². The largest absolute Gasteiger partial charge is 0.493 e. The highest BCUT2D eigenvalue weighted by Crippen LogP contribution is 2.35. The second kappa shape index (κ2) is 9.63. The highest BCUT2D eigenvalue weighted by atomic mass is 35.5. The number of hydrogen-bond donors (Lipinski definition) is 1. The molecule has 0 saturated carbocycles. The molecule has 2 aromatic rings. The molecular weight excluding hydrogens is 396 g/mol. The second-order valence-corrected chi connectivity index (χ2v) is 8.27. The van der Waals surface area contributed by atoms with E-state index in [9.17, 15) is 0 Å². The van der Waals surface area contributed by atoms with E-state index in [1.807, 2.05) is 36.4 Å². The third-order valence-corrected chi connectivity index (χ3v) is 5.91. The first-order valence-corrected chi connectivity index (χ1v) is 10.5. The summed E-state index contributed by atoms with van der Waals surface area (Å²) in [6.07, 6.45) is 1.20. The minimum absolute atomic E-state index is 0.175. The van der Waals surface area contributed by atoms with Crippen molar-refractivity contribution in [2.75, 3.05) is 32.0 Å². The van der Waals surface area contributed by atoms with Crippen LogP contribution < -0.4 is 18.9 Å². The molecule has 1 heterocycles. The van der Waals surface area contributed by atoms with Crippen molar-refractivity contribution in [3.05, 3.63) is 41.4 Å². The third-order valence-electron chi connectivity index (χ3n) is 4.77. The van der Waals surface area contributed by atoms with E-state index in [1.165, 1.54) is 11.9 Å². The summed E-state index contributed by atoms with van der Waals surface area (Å²) in [5.41, 5.74) is 0.929. The van der Waals surface area contributed by atoms with Crippen LogP contribution in [0.25, 0.3) is 0 Å². The van der Waals surface area contributed by atoms with Crippen molar-refractivity contribution in [1.29, 1.82) is 0 Å². The molecule has 0 aromatic heterocycles. The number of likely N-dealkylation sites (tertiary alicyclic amines) is 1. The lowest BCUT2D eigenvalue weighted by Gasteiger charge is -2.21. The highest BCUT2D eigenvalue weighted by Gasteiger charge is 2.26. The van der Waals surface area contributed by atoms with Gasteiger partial charge in [0.25, 0.3) is 0 Å². The quantitative estimate of drug-likeness (QED) is 0.579. The van der Waals surface area contributed by atoms with E-state index in [1.54, 1.807) is 14.2 Å². The number of benzene rings is 2. The lowest BCUT2D eigenvalue weighted by atomic mass is 10.3. The fraction of sp³-hybridized carbons (Fsp3) is 0.429. The van der Waals surface area contributed by atoms with Gasteiger partial charge < -0.3 is 18.9 Å². The van der Waals surface area contributed by atoms with Crippen LogP contribution in [-0.4, -0.2) is 44.4 Å². The maximum Gasteiger partial charge on any atom is 0.161 e. The Labute approximate surface area is 176 Å². The maximum atomic E-state index is 6.36. The smallest absolute Gasteiger partial charge is 0.161 e. The van der Waals surface area contributed by atoms with E-state index < -0.39 is 0 Å². The predicted molar refractivity (Wildman–Crippen MR) is 116 cm³/mol. The fourth-order valence-corrected chi connectivity index (χ4v) is 3.98. The van der Waals surface area contributed by atoms with Gasteiger partial charge in [-0.2, -0.15) is 0 Å². The summed E-state index contributed by atoms with van der Waals surface area (Å²) < 4.78 is 20.2. The Balaban J connectivity index is 1.63. The van der Waals surface area contributed by atoms with Crippen LogP contribution in [0.1, 0.15) is 20.3 Å². The van der Waals surface area contributed by atoms with Crippen LogP contribution in [0.15, 0.2) is 41.3 Å². The summed E-state index contributed by atoms with van der Waals surface area (Å²) in [7, 11) is 3.26. The van der Waals surface area contributed by atoms with E-state index in [-0.39, 0.29) is 6.10 Å². The molecule has 1 atom stereocenters. The van der Waals surface area contributed by atoms with E-state index in [4.69, 9.17) is 25.8 Å². The summed E-state index contributed by atoms with van der Waals surface area (Å²) in [6.45, 7) is 6.43. The molecule has 1 saturated heterocycles. The average Bonchev–Trinajstić information content (AvgIpc) is 3.17. The molecule has 2 aromatic carbocycles. The Kier molecular flexibility index (Phi) is 7.21. The summed E-state index contributed by atoms with van der Waals surface area (Å²) in [5.74, 6) is 2.13. The Hall–Kier alpha value is -1.76. The molecule has 5 nitrogen and oxygen atoms in total. The molecule has 0 bridgehead atoms. The van der Waals surface area contributed by atoms with Crippen LogP contribution in [0.4, 0.5) is 5.69 Å². The number of methoxy groups -OCH3 is 2. The molecule has 1 fully saturated rings. The number of nitrogens with zero attached hydrogens (tertiary/aromatic N) is 1. The van der Waals surface area contributed by atoms with Gasteiger partial charge in [0, 0.05) is 35.8 Å². The number of ether oxygens (including phenoxy) is 3. The van der Waals surface area contributed by atoms with Crippen LogP contribution in [0.5, 0.6) is 17.2 Å². The van der Waals surface area contributed by atoms with Gasteiger partial charge in [0.1, 0.15) is 11.9 Å². The molecule has 152 valence electrons. The number of nitrogens with one attached hydrogen (secondary N) is 1. The molecule has 0 amide bonds. The second-order valence-electron chi connectivity index (χ2n) is 6.98. The molecule has 3 rings (SSSR count). The van der Waals surface area contributed by atoms with Gasteiger partial charge in [-0.3, -0.25) is 4.90 Å². The standard InChI is InChI=1S/C21H27ClN2O3S/c1-14(2)24-10-9-16(13-24)27-20-11-15(5-7-18(20)22)23-28-17-6-8-19(25-3)21(12-17)26-4/h5-8,11-12,14,16,23H,9-10,13H2,1-4H3. The molecule has 0 radical (unpaired) electrons. The van der Waals surface area contributed by atoms with Gasteiger partial charge in [-0.05, 0) is 62.5 Å². The Morgan fingerprint density at radius 2 is 1.86 bits per heavy atom. The van der Waals surface area contributed by atoms with Crippen molar-refractivity contribution in [1.82, 2.24) is 4.90 Å². The Bertz CT molecular complexity index is 803. The number of hydrogen-bond acceptors (Lipinski definition) is 6. The zero-order chi connectivity index (χ0) is 20.1. The van der Waals surface area contributed by atoms with Crippen LogP contribution in [-0.2, 0) is 0 Å². The average molecular weight is 423 g/mol. The number of rotatable bonds is 8. The molecule has 1 aliphatic rings. The molecule has 7 heteroatoms. The van der Waals surface area contributed by atoms with E-state index in [0.717, 1.165) is 35.8 Å². The molecule has 0 aliphatic carbocycles. The summed E-state index contributed by atoms with van der Waals surface area (Å²) >= 11 is 7.85. The van der Waals surface area contributed by atoms with Crippen LogP contribution in [0, 0.1) is 0 Å². The molecule has 0 spiro atoms. The molecule has 1 N–H and O–H groups in total. The van der Waals surface area contributed by atoms with Crippen molar-refractivity contribution >= 4 is 29.2 Å². The van der Waals surface area contributed by atoms with Crippen LogP contribution >= 0.6 is 23.5 Å². The van der Waals surface area contributed by atoms with Gasteiger partial charge in [0.05, 0.1) is 19.2 Å². The van der Waals surface area contributed by atoms with Gasteiger partial charge in [0.2, 0.25) is 0 Å². The van der Waals surface area contributed by atoms with Gasteiger partial charge in [-0.25, -0.2) is 0 Å². The molecular formula is C21H27ClN2O3S. The normalized spacial score (nSPS) is 17.0. The zero-order valence-electron chi connectivity index (χ0n) is 16.7. The number of halogens is 1. The van der Waals surface area contributed by atoms with Gasteiger partial charge in [-0.15, -0.1) is 0 Å². The topological polar surface area (TPSA) is 43.0 Å². The first-order chi connectivity index (χ1) is 13.5. The summed E-state index contributed by atoms with van der Waals surface area (Å²) in [5, 5.41) is 0.629. The van der Waals surface area contributed by atoms with E-state index >= 15 is 0 Å². The van der Waals surface area contributed by atoms with Crippen molar-refractivity contribution in [3.8, 4) is 17.2 Å². The maximum absolute atomic E-state index is 6.36. The third kappa shape index (κ3) is 5.19. The summed E-state index contributed by atoms with van der Waals surface area (Å²) in [6, 6.07) is 12.1. The molecule has 1 unspecified atom stereocenters. The highest BCUT2D eigenvalue weighted by molar-refractivity contribution is 8.00. The molecule has 1 aliphatic heterocycles. The van der Waals surface area contributed by atoms with Crippen molar-refractivity contribution in [2.45, 2.75) is 37.3 Å². The zero-order valence-corrected chi connectivity index (χ0v) is 18.3. The minimum atomic E-state index is 0.175.